The van der Waals surface area contributed by atoms with Crippen LogP contribution in [0.5, 0.6) is 0 Å². The number of ether oxygens (including phenoxy) is 1. The van der Waals surface area contributed by atoms with Gasteiger partial charge in [0.1, 0.15) is 0 Å². The summed E-state index contributed by atoms with van der Waals surface area (Å²) in [7, 11) is 0. The van der Waals surface area contributed by atoms with Crippen LogP contribution in [0.4, 0.5) is 0 Å². The van der Waals surface area contributed by atoms with Crippen molar-refractivity contribution in [3.8, 4) is 0 Å². The normalized spacial score (nSPS) is 18.3. The van der Waals surface area contributed by atoms with Crippen LogP contribution in [0.15, 0.2) is 47.5 Å². The molecular weight excluding hydrogens is 286 g/mol. The van der Waals surface area contributed by atoms with Gasteiger partial charge in [-0.3, -0.25) is 0 Å². The van der Waals surface area contributed by atoms with Crippen LogP contribution in [0, 0.1) is 0 Å². The van der Waals surface area contributed by atoms with E-state index in [-0.39, 0.29) is 0 Å². The number of nitrogens with one attached hydrogen (secondary N) is 2. The quantitative estimate of drug-likeness (QED) is 0.659. The highest BCUT2D eigenvalue weighted by atomic mass is 16.5. The molecule has 4 heteroatoms. The van der Waals surface area contributed by atoms with Gasteiger partial charge in [-0.05, 0) is 42.2 Å². The standard InChI is InChI=1S/C19H25N3O/c1-2-20-19(22-14-18-8-5-11-23-18)21-13-15-9-10-16-6-3-4-7-17(16)12-15/h3-4,6-7,9-10,12,18H,2,5,8,11,13-14H2,1H3,(H2,20,21,22). The topological polar surface area (TPSA) is 45.7 Å². The molecule has 0 amide bonds. The zero-order valence-corrected chi connectivity index (χ0v) is 13.7. The predicted octanol–water partition coefficient (Wildman–Crippen LogP) is 3.07. The molecule has 0 saturated carbocycles. The van der Waals surface area contributed by atoms with E-state index in [0.29, 0.717) is 12.6 Å². The number of rotatable bonds is 5. The Hall–Kier alpha value is -2.07. The van der Waals surface area contributed by atoms with E-state index in [9.17, 15) is 0 Å². The Balaban J connectivity index is 1.63. The van der Waals surface area contributed by atoms with E-state index in [2.05, 4.69) is 60.0 Å². The van der Waals surface area contributed by atoms with Crippen molar-refractivity contribution in [3.63, 3.8) is 0 Å². The first-order chi connectivity index (χ1) is 11.3. The maximum Gasteiger partial charge on any atom is 0.191 e. The Morgan fingerprint density at radius 3 is 2.83 bits per heavy atom. The smallest absolute Gasteiger partial charge is 0.191 e. The summed E-state index contributed by atoms with van der Waals surface area (Å²) >= 11 is 0. The van der Waals surface area contributed by atoms with Crippen molar-refractivity contribution in [3.05, 3.63) is 48.0 Å². The lowest BCUT2D eigenvalue weighted by Crippen LogP contribution is -2.41. The molecule has 1 atom stereocenters. The van der Waals surface area contributed by atoms with Crippen molar-refractivity contribution in [1.82, 2.24) is 10.6 Å². The number of fused-ring (bicyclic) bond motifs is 1. The minimum absolute atomic E-state index is 0.319. The average Bonchev–Trinajstić information content (AvgIpc) is 3.11. The summed E-state index contributed by atoms with van der Waals surface area (Å²) in [5.74, 6) is 0.858. The van der Waals surface area contributed by atoms with Crippen molar-refractivity contribution in [2.24, 2.45) is 4.99 Å². The fourth-order valence-electron chi connectivity index (χ4n) is 2.87. The number of nitrogens with zero attached hydrogens (tertiary/aromatic N) is 1. The fourth-order valence-corrected chi connectivity index (χ4v) is 2.87. The molecule has 1 aliphatic rings. The molecule has 0 radical (unpaired) electrons. The Kier molecular flexibility index (Phi) is 5.48. The van der Waals surface area contributed by atoms with Gasteiger partial charge in [-0.15, -0.1) is 0 Å². The minimum atomic E-state index is 0.319. The summed E-state index contributed by atoms with van der Waals surface area (Å²) in [6.07, 6.45) is 2.62. The lowest BCUT2D eigenvalue weighted by atomic mass is 10.1. The zero-order valence-electron chi connectivity index (χ0n) is 13.7. The molecule has 0 aromatic heterocycles. The Labute approximate surface area is 138 Å². The van der Waals surface area contributed by atoms with Crippen LogP contribution in [0.3, 0.4) is 0 Å². The maximum absolute atomic E-state index is 5.65. The fraction of sp³-hybridized carbons (Fsp3) is 0.421. The second-order valence-electron chi connectivity index (χ2n) is 5.89. The molecule has 1 heterocycles. The molecule has 2 aromatic carbocycles. The van der Waals surface area contributed by atoms with Crippen molar-refractivity contribution in [2.75, 3.05) is 19.7 Å². The van der Waals surface area contributed by atoms with Crippen molar-refractivity contribution >= 4 is 16.7 Å². The molecule has 0 aliphatic carbocycles. The Morgan fingerprint density at radius 2 is 2.04 bits per heavy atom. The third-order valence-corrected chi connectivity index (χ3v) is 4.10. The predicted molar refractivity (Wildman–Crippen MR) is 95.7 cm³/mol. The Morgan fingerprint density at radius 1 is 1.17 bits per heavy atom. The number of guanidine groups is 1. The first-order valence-electron chi connectivity index (χ1n) is 8.46. The Bertz CT molecular complexity index is 662. The number of aliphatic imine (C=N–C) groups is 1. The van der Waals surface area contributed by atoms with E-state index in [1.165, 1.54) is 16.3 Å². The van der Waals surface area contributed by atoms with Crippen LogP contribution >= 0.6 is 0 Å². The number of hydrogen-bond acceptors (Lipinski definition) is 2. The molecule has 3 rings (SSSR count). The van der Waals surface area contributed by atoms with Gasteiger partial charge in [0.05, 0.1) is 12.6 Å². The SMILES string of the molecule is CCNC(=NCc1ccc2ccccc2c1)NCC1CCCO1. The van der Waals surface area contributed by atoms with Crippen LogP contribution in [0.25, 0.3) is 10.8 Å². The second-order valence-corrected chi connectivity index (χ2v) is 5.89. The average molecular weight is 311 g/mol. The van der Waals surface area contributed by atoms with Crippen LogP contribution in [0.2, 0.25) is 0 Å². The lowest BCUT2D eigenvalue weighted by molar-refractivity contribution is 0.114. The molecule has 0 spiro atoms. The number of hydrogen-bond donors (Lipinski definition) is 2. The van der Waals surface area contributed by atoms with Crippen molar-refractivity contribution in [1.29, 1.82) is 0 Å². The summed E-state index contributed by atoms with van der Waals surface area (Å²) in [5, 5.41) is 9.21. The highest BCUT2D eigenvalue weighted by Crippen LogP contribution is 2.16. The monoisotopic (exact) mass is 311 g/mol. The van der Waals surface area contributed by atoms with E-state index in [4.69, 9.17) is 9.73 Å². The van der Waals surface area contributed by atoms with Crippen molar-refractivity contribution in [2.45, 2.75) is 32.4 Å². The van der Waals surface area contributed by atoms with Crippen LogP contribution in [-0.4, -0.2) is 31.8 Å². The van der Waals surface area contributed by atoms with E-state index in [1.807, 2.05) is 0 Å². The van der Waals surface area contributed by atoms with Gasteiger partial charge in [0.25, 0.3) is 0 Å². The third-order valence-electron chi connectivity index (χ3n) is 4.10. The van der Waals surface area contributed by atoms with Gasteiger partial charge < -0.3 is 15.4 Å². The van der Waals surface area contributed by atoms with E-state index < -0.39 is 0 Å². The summed E-state index contributed by atoms with van der Waals surface area (Å²) in [5.41, 5.74) is 1.22. The van der Waals surface area contributed by atoms with Crippen LogP contribution in [-0.2, 0) is 11.3 Å². The first-order valence-corrected chi connectivity index (χ1v) is 8.46. The minimum Gasteiger partial charge on any atom is -0.376 e. The van der Waals surface area contributed by atoms with Gasteiger partial charge in [0.2, 0.25) is 0 Å². The van der Waals surface area contributed by atoms with E-state index in [1.54, 1.807) is 0 Å². The van der Waals surface area contributed by atoms with Gasteiger partial charge in [-0.1, -0.05) is 36.4 Å². The maximum atomic E-state index is 5.65. The van der Waals surface area contributed by atoms with Crippen LogP contribution in [0.1, 0.15) is 25.3 Å². The molecule has 0 bridgehead atoms. The van der Waals surface area contributed by atoms with Gasteiger partial charge >= 0.3 is 0 Å². The summed E-state index contributed by atoms with van der Waals surface area (Å²) in [4.78, 5) is 4.69. The number of benzene rings is 2. The molecular formula is C19H25N3O. The summed E-state index contributed by atoms with van der Waals surface area (Å²) in [6.45, 7) is 5.32. The molecule has 1 fully saturated rings. The lowest BCUT2D eigenvalue weighted by Gasteiger charge is -2.14. The van der Waals surface area contributed by atoms with Gasteiger partial charge in [0.15, 0.2) is 5.96 Å². The highest BCUT2D eigenvalue weighted by Gasteiger charge is 2.15. The van der Waals surface area contributed by atoms with E-state index in [0.717, 1.165) is 38.5 Å². The molecule has 2 aromatic rings. The largest absolute Gasteiger partial charge is 0.376 e. The highest BCUT2D eigenvalue weighted by molar-refractivity contribution is 5.83. The van der Waals surface area contributed by atoms with E-state index >= 15 is 0 Å². The molecule has 122 valence electrons. The molecule has 2 N–H and O–H groups in total. The van der Waals surface area contributed by atoms with Gasteiger partial charge in [0, 0.05) is 19.7 Å². The molecule has 4 nitrogen and oxygen atoms in total. The molecule has 1 saturated heterocycles. The molecule has 23 heavy (non-hydrogen) atoms. The molecule has 1 aliphatic heterocycles. The molecule has 1 unspecified atom stereocenters. The summed E-state index contributed by atoms with van der Waals surface area (Å²) in [6, 6.07) is 14.9. The zero-order chi connectivity index (χ0) is 15.9. The first kappa shape index (κ1) is 15.8. The van der Waals surface area contributed by atoms with Crippen LogP contribution < -0.4 is 10.6 Å². The summed E-state index contributed by atoms with van der Waals surface area (Å²) < 4.78 is 5.65. The van der Waals surface area contributed by atoms with Gasteiger partial charge in [-0.2, -0.15) is 0 Å². The third kappa shape index (κ3) is 4.45. The van der Waals surface area contributed by atoms with Crippen molar-refractivity contribution < 1.29 is 4.74 Å². The van der Waals surface area contributed by atoms with Gasteiger partial charge in [-0.25, -0.2) is 4.99 Å². The second kappa shape index (κ2) is 7.97.